The van der Waals surface area contributed by atoms with Crippen LogP contribution in [0, 0.1) is 0 Å². The summed E-state index contributed by atoms with van der Waals surface area (Å²) in [5.41, 5.74) is 1.46. The van der Waals surface area contributed by atoms with E-state index in [1.807, 2.05) is 0 Å². The number of hydrogen-bond donors (Lipinski definition) is 1. The van der Waals surface area contributed by atoms with Crippen LogP contribution in [-0.2, 0) is 16.2 Å². The monoisotopic (exact) mass is 207 g/mol. The quantitative estimate of drug-likeness (QED) is 0.793. The summed E-state index contributed by atoms with van der Waals surface area (Å²) < 4.78 is 0. The zero-order chi connectivity index (χ0) is 10.7. The molecule has 1 fully saturated rings. The predicted octanol–water partition coefficient (Wildman–Crippen LogP) is 1.24. The Balaban J connectivity index is 2.23. The highest BCUT2D eigenvalue weighted by Gasteiger charge is 2.20. The van der Waals surface area contributed by atoms with Crippen molar-refractivity contribution >= 4 is 11.6 Å². The number of aliphatic hydroxyl groups is 1. The van der Waals surface area contributed by atoms with Crippen LogP contribution in [0.5, 0.6) is 0 Å². The minimum absolute atomic E-state index is 0.0312. The summed E-state index contributed by atoms with van der Waals surface area (Å²) in [6, 6.07) is 7.15. The molecular weight excluding hydrogens is 194 g/mol. The van der Waals surface area contributed by atoms with Crippen molar-refractivity contribution in [2.45, 2.75) is 19.4 Å². The van der Waals surface area contributed by atoms with Gasteiger partial charge < -0.3 is 5.11 Å². The predicted molar refractivity (Wildman–Crippen MR) is 55.0 cm³/mol. The summed E-state index contributed by atoms with van der Waals surface area (Å²) in [5.74, 6) is -0.0312. The minimum atomic E-state index is -0.0319. The lowest BCUT2D eigenvalue weighted by atomic mass is 10.2. The molecule has 1 aliphatic rings. The Labute approximate surface area is 88.0 Å². The van der Waals surface area contributed by atoms with Crippen LogP contribution in [0.25, 0.3) is 0 Å². The molecule has 15 heavy (non-hydrogen) atoms. The molecule has 0 aromatic heterocycles. The Kier molecular flexibility index (Phi) is 2.99. The molecule has 4 heteroatoms. The molecule has 0 atom stereocenters. The molecule has 1 aliphatic heterocycles. The molecule has 0 aliphatic carbocycles. The first-order valence-corrected chi connectivity index (χ1v) is 4.97. The normalized spacial score (nSPS) is 16.9. The van der Waals surface area contributed by atoms with Gasteiger partial charge in [0.15, 0.2) is 0 Å². The highest BCUT2D eigenvalue weighted by atomic mass is 16.7. The second-order valence-corrected chi connectivity index (χ2v) is 3.45. The molecule has 0 bridgehead atoms. The van der Waals surface area contributed by atoms with E-state index in [0.717, 1.165) is 12.0 Å². The van der Waals surface area contributed by atoms with Crippen LogP contribution < -0.4 is 5.06 Å². The molecule has 2 rings (SSSR count). The number of anilines is 1. The maximum absolute atomic E-state index is 11.5. The second kappa shape index (κ2) is 4.42. The molecule has 0 spiro atoms. The molecule has 0 radical (unpaired) electrons. The van der Waals surface area contributed by atoms with E-state index in [0.29, 0.717) is 18.7 Å². The number of hydroxylamine groups is 1. The Hall–Kier alpha value is -1.39. The van der Waals surface area contributed by atoms with Gasteiger partial charge in [0.05, 0.1) is 18.9 Å². The first-order chi connectivity index (χ1) is 7.31. The van der Waals surface area contributed by atoms with E-state index in [-0.39, 0.29) is 12.5 Å². The summed E-state index contributed by atoms with van der Waals surface area (Å²) in [6.07, 6.45) is 1.29. The van der Waals surface area contributed by atoms with Gasteiger partial charge in [-0.2, -0.15) is 5.06 Å². The molecule has 0 unspecified atom stereocenters. The third kappa shape index (κ3) is 2.16. The number of nitrogens with zero attached hydrogens (tertiary/aromatic N) is 1. The lowest BCUT2D eigenvalue weighted by Crippen LogP contribution is -2.35. The average molecular weight is 207 g/mol. The van der Waals surface area contributed by atoms with Gasteiger partial charge in [0.1, 0.15) is 0 Å². The largest absolute Gasteiger partial charge is 0.392 e. The average Bonchev–Trinajstić information content (AvgIpc) is 2.30. The first-order valence-electron chi connectivity index (χ1n) is 4.97. The van der Waals surface area contributed by atoms with Crippen LogP contribution in [0.4, 0.5) is 5.69 Å². The minimum Gasteiger partial charge on any atom is -0.392 e. The SMILES string of the molecule is O=C1CCCON1c1cccc(CO)c1. The van der Waals surface area contributed by atoms with Crippen molar-refractivity contribution in [1.29, 1.82) is 0 Å². The number of carbonyl (C=O) groups excluding carboxylic acids is 1. The van der Waals surface area contributed by atoms with Crippen molar-refractivity contribution in [3.8, 4) is 0 Å². The van der Waals surface area contributed by atoms with Gasteiger partial charge in [-0.25, -0.2) is 0 Å². The van der Waals surface area contributed by atoms with Crippen LogP contribution >= 0.6 is 0 Å². The van der Waals surface area contributed by atoms with Crippen molar-refractivity contribution in [1.82, 2.24) is 0 Å². The topological polar surface area (TPSA) is 49.8 Å². The van der Waals surface area contributed by atoms with Gasteiger partial charge in [0.2, 0.25) is 0 Å². The summed E-state index contributed by atoms with van der Waals surface area (Å²) in [7, 11) is 0. The van der Waals surface area contributed by atoms with Gasteiger partial charge in [0, 0.05) is 6.42 Å². The summed E-state index contributed by atoms with van der Waals surface area (Å²) in [4.78, 5) is 16.8. The van der Waals surface area contributed by atoms with E-state index in [2.05, 4.69) is 0 Å². The van der Waals surface area contributed by atoms with Gasteiger partial charge >= 0.3 is 0 Å². The molecule has 4 nitrogen and oxygen atoms in total. The highest BCUT2D eigenvalue weighted by molar-refractivity contribution is 5.91. The van der Waals surface area contributed by atoms with E-state index in [9.17, 15) is 4.79 Å². The van der Waals surface area contributed by atoms with E-state index >= 15 is 0 Å². The van der Waals surface area contributed by atoms with Gasteiger partial charge in [-0.1, -0.05) is 12.1 Å². The third-order valence-electron chi connectivity index (χ3n) is 2.31. The van der Waals surface area contributed by atoms with Crippen LogP contribution in [0.3, 0.4) is 0 Å². The zero-order valence-electron chi connectivity index (χ0n) is 8.35. The molecule has 1 heterocycles. The van der Waals surface area contributed by atoms with Crippen molar-refractivity contribution in [2.24, 2.45) is 0 Å². The Bertz CT molecular complexity index is 365. The first kappa shape index (κ1) is 10.1. The van der Waals surface area contributed by atoms with Crippen LogP contribution in [0.15, 0.2) is 24.3 Å². The summed E-state index contributed by atoms with van der Waals surface area (Å²) in [6.45, 7) is 0.533. The maximum atomic E-state index is 11.5. The smallest absolute Gasteiger partial charge is 0.250 e. The van der Waals surface area contributed by atoms with E-state index < -0.39 is 0 Å². The molecule has 1 amide bonds. The van der Waals surface area contributed by atoms with Crippen molar-refractivity contribution in [3.05, 3.63) is 29.8 Å². The number of rotatable bonds is 2. The van der Waals surface area contributed by atoms with Gasteiger partial charge in [-0.15, -0.1) is 0 Å². The molecule has 1 aromatic rings. The third-order valence-corrected chi connectivity index (χ3v) is 2.31. The van der Waals surface area contributed by atoms with Crippen LogP contribution in [-0.4, -0.2) is 17.6 Å². The number of carbonyl (C=O) groups is 1. The number of benzene rings is 1. The molecule has 0 saturated carbocycles. The zero-order valence-corrected chi connectivity index (χ0v) is 8.35. The molecule has 1 saturated heterocycles. The lowest BCUT2D eigenvalue weighted by molar-refractivity contribution is -0.129. The number of hydrogen-bond acceptors (Lipinski definition) is 3. The van der Waals surface area contributed by atoms with E-state index in [1.165, 1.54) is 5.06 Å². The van der Waals surface area contributed by atoms with Crippen molar-refractivity contribution in [3.63, 3.8) is 0 Å². The van der Waals surface area contributed by atoms with Crippen LogP contribution in [0.1, 0.15) is 18.4 Å². The molecule has 1 N–H and O–H groups in total. The Morgan fingerprint density at radius 2 is 2.33 bits per heavy atom. The fourth-order valence-corrected chi connectivity index (χ4v) is 1.55. The maximum Gasteiger partial charge on any atom is 0.250 e. The fraction of sp³-hybridized carbons (Fsp3) is 0.364. The van der Waals surface area contributed by atoms with Crippen molar-refractivity contribution < 1.29 is 14.7 Å². The van der Waals surface area contributed by atoms with E-state index in [4.69, 9.17) is 9.94 Å². The Morgan fingerprint density at radius 1 is 1.47 bits per heavy atom. The molecule has 80 valence electrons. The standard InChI is InChI=1S/C11H13NO3/c13-8-9-3-1-4-10(7-9)12-11(14)5-2-6-15-12/h1,3-4,7,13H,2,5-6,8H2. The Morgan fingerprint density at radius 3 is 3.07 bits per heavy atom. The van der Waals surface area contributed by atoms with Crippen LogP contribution in [0.2, 0.25) is 0 Å². The lowest BCUT2D eigenvalue weighted by Gasteiger charge is -2.25. The van der Waals surface area contributed by atoms with Gasteiger partial charge in [-0.3, -0.25) is 9.63 Å². The number of amides is 1. The second-order valence-electron chi connectivity index (χ2n) is 3.45. The highest BCUT2D eigenvalue weighted by Crippen LogP contribution is 2.20. The van der Waals surface area contributed by atoms with Gasteiger partial charge in [-0.05, 0) is 24.1 Å². The number of aliphatic hydroxyl groups excluding tert-OH is 1. The molecule has 1 aromatic carbocycles. The van der Waals surface area contributed by atoms with Gasteiger partial charge in [0.25, 0.3) is 5.91 Å². The van der Waals surface area contributed by atoms with E-state index in [1.54, 1.807) is 24.3 Å². The van der Waals surface area contributed by atoms with Crippen molar-refractivity contribution in [2.75, 3.05) is 11.7 Å². The summed E-state index contributed by atoms with van der Waals surface area (Å²) >= 11 is 0. The molecular formula is C11H13NO3. The summed E-state index contributed by atoms with van der Waals surface area (Å²) in [5, 5.41) is 10.3. The fourth-order valence-electron chi connectivity index (χ4n) is 1.55.